The van der Waals surface area contributed by atoms with Crippen molar-refractivity contribution in [2.24, 2.45) is 5.92 Å². The molecule has 2 heteroatoms. The van der Waals surface area contributed by atoms with Crippen molar-refractivity contribution in [3.63, 3.8) is 0 Å². The van der Waals surface area contributed by atoms with Gasteiger partial charge in [0.05, 0.1) is 5.60 Å². The topological polar surface area (TPSA) is 9.23 Å². The van der Waals surface area contributed by atoms with Gasteiger partial charge in [-0.25, -0.2) is 4.39 Å². The van der Waals surface area contributed by atoms with E-state index >= 15 is 0 Å². The van der Waals surface area contributed by atoms with E-state index in [2.05, 4.69) is 20.8 Å². The molecule has 0 aliphatic rings. The Morgan fingerprint density at radius 3 is 2.39 bits per heavy atom. The summed E-state index contributed by atoms with van der Waals surface area (Å²) in [5, 5.41) is 0. The fraction of sp³-hybridized carbons (Fsp3) is 0.714. The van der Waals surface area contributed by atoms with Crippen LogP contribution in [0.1, 0.15) is 78.2 Å². The summed E-state index contributed by atoms with van der Waals surface area (Å²) in [4.78, 5) is 0. The Morgan fingerprint density at radius 1 is 1.04 bits per heavy atom. The van der Waals surface area contributed by atoms with Gasteiger partial charge >= 0.3 is 0 Å². The fourth-order valence-electron chi connectivity index (χ4n) is 3.30. The lowest BCUT2D eigenvalue weighted by Gasteiger charge is -2.34. The molecule has 0 heterocycles. The molecule has 0 aliphatic carbocycles. The van der Waals surface area contributed by atoms with Crippen LogP contribution in [0.15, 0.2) is 24.3 Å². The van der Waals surface area contributed by atoms with Crippen LogP contribution in [0.5, 0.6) is 0 Å². The van der Waals surface area contributed by atoms with Gasteiger partial charge in [-0.3, -0.25) is 0 Å². The van der Waals surface area contributed by atoms with Crippen molar-refractivity contribution >= 4 is 0 Å². The van der Waals surface area contributed by atoms with Crippen molar-refractivity contribution in [3.05, 3.63) is 35.6 Å². The maximum absolute atomic E-state index is 13.5. The van der Waals surface area contributed by atoms with E-state index in [9.17, 15) is 4.39 Å². The van der Waals surface area contributed by atoms with E-state index < -0.39 is 0 Å². The van der Waals surface area contributed by atoms with Crippen LogP contribution in [0.25, 0.3) is 0 Å². The SMILES string of the molecule is CCCCCCCCC(Cc1cccc(F)c1)C(C)(C)OCC. The van der Waals surface area contributed by atoms with Gasteiger partial charge in [-0.15, -0.1) is 0 Å². The molecule has 132 valence electrons. The van der Waals surface area contributed by atoms with Gasteiger partial charge < -0.3 is 4.74 Å². The molecule has 0 radical (unpaired) electrons. The highest BCUT2D eigenvalue weighted by atomic mass is 19.1. The van der Waals surface area contributed by atoms with Crippen LogP contribution in [0, 0.1) is 11.7 Å². The molecule has 1 aromatic rings. The fourth-order valence-corrected chi connectivity index (χ4v) is 3.30. The van der Waals surface area contributed by atoms with Gasteiger partial charge in [-0.05, 0) is 57.2 Å². The maximum Gasteiger partial charge on any atom is 0.123 e. The monoisotopic (exact) mass is 322 g/mol. The molecule has 0 saturated heterocycles. The maximum atomic E-state index is 13.5. The predicted molar refractivity (Wildman–Crippen MR) is 97.3 cm³/mol. The van der Waals surface area contributed by atoms with E-state index in [-0.39, 0.29) is 11.4 Å². The molecule has 1 unspecified atom stereocenters. The molecule has 0 saturated carbocycles. The van der Waals surface area contributed by atoms with Crippen LogP contribution in [0.2, 0.25) is 0 Å². The normalized spacial score (nSPS) is 13.3. The van der Waals surface area contributed by atoms with Crippen molar-refractivity contribution in [1.29, 1.82) is 0 Å². The molecule has 1 atom stereocenters. The summed E-state index contributed by atoms with van der Waals surface area (Å²) in [5.41, 5.74) is 0.915. The summed E-state index contributed by atoms with van der Waals surface area (Å²) in [6.07, 6.45) is 9.88. The van der Waals surface area contributed by atoms with Crippen molar-refractivity contribution in [2.45, 2.75) is 84.7 Å². The minimum Gasteiger partial charge on any atom is -0.376 e. The molecule has 0 aliphatic heterocycles. The molecule has 0 amide bonds. The number of halogens is 1. The summed E-state index contributed by atoms with van der Waals surface area (Å²) < 4.78 is 19.5. The molecule has 0 aromatic heterocycles. The third-order valence-corrected chi connectivity index (χ3v) is 4.78. The Balaban J connectivity index is 2.59. The predicted octanol–water partition coefficient (Wildman–Crippen LogP) is 6.55. The van der Waals surface area contributed by atoms with E-state index in [0.29, 0.717) is 5.92 Å². The minimum atomic E-state index is -0.162. The molecule has 0 N–H and O–H groups in total. The molecular weight excluding hydrogens is 287 g/mol. The third-order valence-electron chi connectivity index (χ3n) is 4.78. The Kier molecular flexibility index (Phi) is 9.47. The molecule has 0 bridgehead atoms. The van der Waals surface area contributed by atoms with Crippen LogP contribution in [-0.4, -0.2) is 12.2 Å². The quantitative estimate of drug-likeness (QED) is 0.396. The van der Waals surface area contributed by atoms with E-state index in [1.54, 1.807) is 12.1 Å². The molecule has 1 nitrogen and oxygen atoms in total. The Morgan fingerprint density at radius 2 is 1.74 bits per heavy atom. The Hall–Kier alpha value is -0.890. The second kappa shape index (κ2) is 10.8. The van der Waals surface area contributed by atoms with E-state index in [1.165, 1.54) is 44.6 Å². The zero-order valence-electron chi connectivity index (χ0n) is 15.5. The Labute approximate surface area is 142 Å². The summed E-state index contributed by atoms with van der Waals surface area (Å²) in [7, 11) is 0. The lowest BCUT2D eigenvalue weighted by Crippen LogP contribution is -2.36. The Bertz CT molecular complexity index is 428. The molecule has 0 fully saturated rings. The first kappa shape index (κ1) is 20.2. The standard InChI is InChI=1S/C21H35FO/c1-5-7-8-9-10-11-14-19(21(3,4)23-6-2)16-18-13-12-15-20(22)17-18/h12-13,15,17,19H,5-11,14,16H2,1-4H3. The molecule has 0 spiro atoms. The van der Waals surface area contributed by atoms with Crippen LogP contribution in [0.3, 0.4) is 0 Å². The first-order valence-electron chi connectivity index (χ1n) is 9.38. The molecule has 1 aromatic carbocycles. The highest BCUT2D eigenvalue weighted by molar-refractivity contribution is 5.17. The highest BCUT2D eigenvalue weighted by Gasteiger charge is 2.29. The van der Waals surface area contributed by atoms with E-state index in [4.69, 9.17) is 4.74 Å². The van der Waals surface area contributed by atoms with Crippen molar-refractivity contribution in [1.82, 2.24) is 0 Å². The smallest absolute Gasteiger partial charge is 0.123 e. The molecular formula is C21H35FO. The van der Waals surface area contributed by atoms with Crippen molar-refractivity contribution in [2.75, 3.05) is 6.61 Å². The number of rotatable bonds is 12. The van der Waals surface area contributed by atoms with Crippen molar-refractivity contribution < 1.29 is 9.13 Å². The number of benzene rings is 1. The first-order chi connectivity index (χ1) is 11.0. The largest absolute Gasteiger partial charge is 0.376 e. The number of hydrogen-bond donors (Lipinski definition) is 0. The number of unbranched alkanes of at least 4 members (excludes halogenated alkanes) is 5. The summed E-state index contributed by atoms with van der Waals surface area (Å²) >= 11 is 0. The van der Waals surface area contributed by atoms with E-state index in [0.717, 1.165) is 25.0 Å². The van der Waals surface area contributed by atoms with Crippen LogP contribution in [-0.2, 0) is 11.2 Å². The van der Waals surface area contributed by atoms with Crippen LogP contribution in [0.4, 0.5) is 4.39 Å². The van der Waals surface area contributed by atoms with E-state index in [1.807, 2.05) is 13.0 Å². The van der Waals surface area contributed by atoms with Gasteiger partial charge in [0.1, 0.15) is 5.82 Å². The van der Waals surface area contributed by atoms with Gasteiger partial charge in [0.2, 0.25) is 0 Å². The van der Waals surface area contributed by atoms with Gasteiger partial charge in [0, 0.05) is 6.61 Å². The summed E-state index contributed by atoms with van der Waals surface area (Å²) in [6.45, 7) is 9.38. The second-order valence-electron chi connectivity index (χ2n) is 7.12. The van der Waals surface area contributed by atoms with Gasteiger partial charge in [0.25, 0.3) is 0 Å². The van der Waals surface area contributed by atoms with Gasteiger partial charge in [-0.2, -0.15) is 0 Å². The molecule has 1 rings (SSSR count). The molecule has 23 heavy (non-hydrogen) atoms. The minimum absolute atomic E-state index is 0.143. The van der Waals surface area contributed by atoms with Gasteiger partial charge in [0.15, 0.2) is 0 Å². The number of hydrogen-bond acceptors (Lipinski definition) is 1. The highest BCUT2D eigenvalue weighted by Crippen LogP contribution is 2.30. The first-order valence-corrected chi connectivity index (χ1v) is 9.38. The number of ether oxygens (including phenoxy) is 1. The average Bonchev–Trinajstić information content (AvgIpc) is 2.49. The summed E-state index contributed by atoms with van der Waals surface area (Å²) in [6, 6.07) is 7.01. The van der Waals surface area contributed by atoms with Crippen LogP contribution >= 0.6 is 0 Å². The summed E-state index contributed by atoms with van der Waals surface area (Å²) in [5.74, 6) is 0.283. The lowest BCUT2D eigenvalue weighted by molar-refractivity contribution is -0.0574. The van der Waals surface area contributed by atoms with Crippen LogP contribution < -0.4 is 0 Å². The zero-order valence-corrected chi connectivity index (χ0v) is 15.5. The second-order valence-corrected chi connectivity index (χ2v) is 7.12. The van der Waals surface area contributed by atoms with Crippen molar-refractivity contribution in [3.8, 4) is 0 Å². The van der Waals surface area contributed by atoms with Gasteiger partial charge in [-0.1, -0.05) is 57.6 Å². The third kappa shape index (κ3) is 7.97. The zero-order chi connectivity index (χ0) is 17.1. The lowest BCUT2D eigenvalue weighted by atomic mass is 9.81. The average molecular weight is 323 g/mol.